The van der Waals surface area contributed by atoms with Crippen LogP contribution in [0.5, 0.6) is 5.75 Å². The SMILES string of the molecule is O=C1OC(c2ccc(Cl)c([N+](=O)[O-])c2)=N/C1=C\c1cccc(OCc2ccccc2)c1. The minimum Gasteiger partial charge on any atom is -0.489 e. The first-order valence-electron chi connectivity index (χ1n) is 9.23. The number of nitrogens with zero attached hydrogens (tertiary/aromatic N) is 2. The van der Waals surface area contributed by atoms with E-state index in [9.17, 15) is 14.9 Å². The number of ether oxygens (including phenoxy) is 2. The highest BCUT2D eigenvalue weighted by molar-refractivity contribution is 6.32. The van der Waals surface area contributed by atoms with Gasteiger partial charge in [-0.05, 0) is 41.5 Å². The van der Waals surface area contributed by atoms with Crippen molar-refractivity contribution >= 4 is 35.2 Å². The molecule has 0 spiro atoms. The summed E-state index contributed by atoms with van der Waals surface area (Å²) in [6.07, 6.45) is 1.56. The third-order valence-electron chi connectivity index (χ3n) is 4.42. The van der Waals surface area contributed by atoms with Crippen LogP contribution in [0.25, 0.3) is 6.08 Å². The fourth-order valence-corrected chi connectivity index (χ4v) is 3.10. The summed E-state index contributed by atoms with van der Waals surface area (Å²) in [5.41, 5.74) is 1.81. The Balaban J connectivity index is 1.55. The molecule has 0 saturated carbocycles. The molecule has 0 bridgehead atoms. The average molecular weight is 435 g/mol. The van der Waals surface area contributed by atoms with Crippen molar-refractivity contribution in [1.29, 1.82) is 0 Å². The number of rotatable bonds is 6. The van der Waals surface area contributed by atoms with E-state index in [0.29, 0.717) is 17.9 Å². The Bertz CT molecular complexity index is 1220. The van der Waals surface area contributed by atoms with Crippen LogP contribution in [0, 0.1) is 10.1 Å². The van der Waals surface area contributed by atoms with Crippen LogP contribution >= 0.6 is 11.6 Å². The predicted molar refractivity (Wildman–Crippen MR) is 116 cm³/mol. The van der Waals surface area contributed by atoms with Crippen LogP contribution in [0.4, 0.5) is 5.69 Å². The van der Waals surface area contributed by atoms with Gasteiger partial charge in [-0.15, -0.1) is 0 Å². The van der Waals surface area contributed by atoms with Gasteiger partial charge in [0.25, 0.3) is 5.69 Å². The lowest BCUT2D eigenvalue weighted by molar-refractivity contribution is -0.384. The molecular formula is C23H15ClN2O5. The van der Waals surface area contributed by atoms with Crippen LogP contribution in [0.3, 0.4) is 0 Å². The van der Waals surface area contributed by atoms with Gasteiger partial charge in [0.15, 0.2) is 5.70 Å². The average Bonchev–Trinajstić information content (AvgIpc) is 3.13. The molecule has 8 heteroatoms. The summed E-state index contributed by atoms with van der Waals surface area (Å²) in [4.78, 5) is 26.9. The monoisotopic (exact) mass is 434 g/mol. The molecular weight excluding hydrogens is 420 g/mol. The van der Waals surface area contributed by atoms with Gasteiger partial charge in [-0.3, -0.25) is 10.1 Å². The summed E-state index contributed by atoms with van der Waals surface area (Å²) < 4.78 is 11.0. The van der Waals surface area contributed by atoms with Crippen molar-refractivity contribution in [3.8, 4) is 5.75 Å². The van der Waals surface area contributed by atoms with Crippen LogP contribution in [0.1, 0.15) is 16.7 Å². The smallest absolute Gasteiger partial charge is 0.363 e. The fourth-order valence-electron chi connectivity index (χ4n) is 2.91. The van der Waals surface area contributed by atoms with Crippen LogP contribution < -0.4 is 4.74 Å². The first-order chi connectivity index (χ1) is 15.0. The second-order valence-electron chi connectivity index (χ2n) is 6.61. The molecule has 0 aliphatic carbocycles. The van der Waals surface area contributed by atoms with Crippen molar-refractivity contribution in [2.75, 3.05) is 0 Å². The zero-order valence-electron chi connectivity index (χ0n) is 16.0. The maximum atomic E-state index is 12.2. The number of carbonyl (C=O) groups is 1. The molecule has 3 aromatic carbocycles. The summed E-state index contributed by atoms with van der Waals surface area (Å²) >= 11 is 5.83. The lowest BCUT2D eigenvalue weighted by atomic mass is 10.2. The molecule has 31 heavy (non-hydrogen) atoms. The van der Waals surface area contributed by atoms with Crippen molar-refractivity contribution in [1.82, 2.24) is 0 Å². The first kappa shape index (κ1) is 20.3. The van der Waals surface area contributed by atoms with Crippen LogP contribution in [0.2, 0.25) is 5.02 Å². The second kappa shape index (κ2) is 8.81. The number of hydrogen-bond donors (Lipinski definition) is 0. The number of halogens is 1. The molecule has 3 aromatic rings. The van der Waals surface area contributed by atoms with Crippen molar-refractivity contribution in [3.05, 3.63) is 110 Å². The van der Waals surface area contributed by atoms with Gasteiger partial charge in [-0.1, -0.05) is 54.1 Å². The van der Waals surface area contributed by atoms with Crippen LogP contribution in [-0.4, -0.2) is 16.8 Å². The zero-order valence-corrected chi connectivity index (χ0v) is 16.8. The molecule has 0 saturated heterocycles. The molecule has 1 aliphatic heterocycles. The van der Waals surface area contributed by atoms with E-state index in [0.717, 1.165) is 5.56 Å². The molecule has 154 valence electrons. The van der Waals surface area contributed by atoms with E-state index >= 15 is 0 Å². The van der Waals surface area contributed by atoms with Crippen molar-refractivity contribution in [2.45, 2.75) is 6.61 Å². The number of nitro benzene ring substituents is 1. The maximum absolute atomic E-state index is 12.2. The molecule has 0 N–H and O–H groups in total. The largest absolute Gasteiger partial charge is 0.489 e. The molecule has 0 aromatic heterocycles. The Labute approximate surface area is 182 Å². The highest BCUT2D eigenvalue weighted by Gasteiger charge is 2.26. The highest BCUT2D eigenvalue weighted by atomic mass is 35.5. The Kier molecular flexibility index (Phi) is 5.77. The third-order valence-corrected chi connectivity index (χ3v) is 4.74. The standard InChI is InChI=1S/C23H15ClN2O5/c24-19-10-9-17(13-21(19)26(28)29)22-25-20(23(27)31-22)12-16-7-4-8-18(11-16)30-14-15-5-2-1-3-6-15/h1-13H,14H2/b20-12-. The molecule has 7 nitrogen and oxygen atoms in total. The van der Waals surface area contributed by atoms with E-state index in [4.69, 9.17) is 21.1 Å². The number of hydrogen-bond acceptors (Lipinski definition) is 6. The predicted octanol–water partition coefficient (Wildman–Crippen LogP) is 5.17. The molecule has 0 atom stereocenters. The maximum Gasteiger partial charge on any atom is 0.363 e. The minimum absolute atomic E-state index is 0.0123. The van der Waals surface area contributed by atoms with E-state index in [1.165, 1.54) is 18.2 Å². The van der Waals surface area contributed by atoms with Crippen LogP contribution in [0.15, 0.2) is 83.5 Å². The molecule has 4 rings (SSSR count). The Morgan fingerprint density at radius 2 is 1.87 bits per heavy atom. The lowest BCUT2D eigenvalue weighted by Crippen LogP contribution is -2.06. The number of esters is 1. The van der Waals surface area contributed by atoms with Crippen molar-refractivity contribution in [3.63, 3.8) is 0 Å². The van der Waals surface area contributed by atoms with E-state index < -0.39 is 10.9 Å². The summed E-state index contributed by atoms with van der Waals surface area (Å²) in [7, 11) is 0. The number of nitro groups is 1. The summed E-state index contributed by atoms with van der Waals surface area (Å²) in [5, 5.41) is 11.1. The lowest BCUT2D eigenvalue weighted by Gasteiger charge is -2.07. The molecule has 1 aliphatic rings. The number of cyclic esters (lactones) is 1. The zero-order chi connectivity index (χ0) is 21.8. The summed E-state index contributed by atoms with van der Waals surface area (Å²) in [6.45, 7) is 0.417. The number of aliphatic imine (C=N–C) groups is 1. The third kappa shape index (κ3) is 4.79. The molecule has 0 fully saturated rings. The van der Waals surface area contributed by atoms with Gasteiger partial charge in [-0.25, -0.2) is 9.79 Å². The number of carbonyl (C=O) groups excluding carboxylic acids is 1. The van der Waals surface area contributed by atoms with Gasteiger partial charge in [0.05, 0.1) is 4.92 Å². The van der Waals surface area contributed by atoms with Gasteiger partial charge < -0.3 is 9.47 Å². The topological polar surface area (TPSA) is 91.0 Å². The number of benzene rings is 3. The molecule has 0 radical (unpaired) electrons. The Morgan fingerprint density at radius 1 is 1.06 bits per heavy atom. The van der Waals surface area contributed by atoms with Gasteiger partial charge in [0.1, 0.15) is 17.4 Å². The minimum atomic E-state index is -0.650. The molecule has 0 amide bonds. The summed E-state index contributed by atoms with van der Waals surface area (Å²) in [5.74, 6) is -0.0298. The molecule has 0 unspecified atom stereocenters. The quantitative estimate of drug-likeness (QED) is 0.231. The first-order valence-corrected chi connectivity index (χ1v) is 9.61. The van der Waals surface area contributed by atoms with Gasteiger partial charge in [0, 0.05) is 11.6 Å². The highest BCUT2D eigenvalue weighted by Crippen LogP contribution is 2.28. The Morgan fingerprint density at radius 3 is 2.65 bits per heavy atom. The van der Waals surface area contributed by atoms with E-state index in [2.05, 4.69) is 4.99 Å². The van der Waals surface area contributed by atoms with Gasteiger partial charge >= 0.3 is 5.97 Å². The van der Waals surface area contributed by atoms with E-state index in [1.807, 2.05) is 36.4 Å². The van der Waals surface area contributed by atoms with Gasteiger partial charge in [-0.2, -0.15) is 0 Å². The summed E-state index contributed by atoms with van der Waals surface area (Å²) in [6, 6.07) is 21.0. The fraction of sp³-hybridized carbons (Fsp3) is 0.0435. The van der Waals surface area contributed by atoms with Crippen molar-refractivity contribution < 1.29 is 19.2 Å². The Hall–Kier alpha value is -3.97. The second-order valence-corrected chi connectivity index (χ2v) is 7.01. The van der Waals surface area contributed by atoms with Crippen molar-refractivity contribution in [2.24, 2.45) is 4.99 Å². The van der Waals surface area contributed by atoms with E-state index in [-0.39, 0.29) is 27.9 Å². The van der Waals surface area contributed by atoms with Crippen LogP contribution in [-0.2, 0) is 16.1 Å². The molecule has 1 heterocycles. The normalized spacial score (nSPS) is 14.3. The van der Waals surface area contributed by atoms with Gasteiger partial charge in [0.2, 0.25) is 5.90 Å². The van der Waals surface area contributed by atoms with E-state index in [1.54, 1.807) is 24.3 Å².